The van der Waals surface area contributed by atoms with Gasteiger partial charge in [-0.25, -0.2) is 4.98 Å². The van der Waals surface area contributed by atoms with Crippen LogP contribution in [0.1, 0.15) is 37.7 Å². The molecule has 1 aliphatic heterocycles. The average Bonchev–Trinajstić information content (AvgIpc) is 3.68. The Morgan fingerprint density at radius 1 is 0.968 bits per heavy atom. The van der Waals surface area contributed by atoms with E-state index in [1.54, 1.807) is 6.07 Å². The number of halogens is 3. The second-order valence-corrected chi connectivity index (χ2v) is 10.3. The molecule has 2 saturated carbocycles. The number of methoxy groups -OCH3 is 1. The van der Waals surface area contributed by atoms with Gasteiger partial charge in [0.2, 0.25) is 5.95 Å². The lowest BCUT2D eigenvalue weighted by molar-refractivity contribution is -0.0533. The van der Waals surface area contributed by atoms with E-state index in [0.29, 0.717) is 26.9 Å². The molecule has 0 atom stereocenters. The number of aryl methyl sites for hydroxylation is 1. The molecule has 31 heavy (non-hydrogen) atoms. The van der Waals surface area contributed by atoms with Gasteiger partial charge in [-0.1, -0.05) is 40.9 Å². The number of nitrogens with zero attached hydrogens (tertiary/aromatic N) is 3. The van der Waals surface area contributed by atoms with Crippen molar-refractivity contribution in [3.05, 3.63) is 51.0 Å². The first kappa shape index (κ1) is 20.2. The van der Waals surface area contributed by atoms with Crippen LogP contribution in [0.15, 0.2) is 30.3 Å². The van der Waals surface area contributed by atoms with E-state index in [-0.39, 0.29) is 5.60 Å². The van der Waals surface area contributed by atoms with Crippen LogP contribution in [0.25, 0.3) is 11.0 Å². The van der Waals surface area contributed by atoms with Crippen molar-refractivity contribution in [1.82, 2.24) is 9.55 Å². The first-order valence-corrected chi connectivity index (χ1v) is 12.1. The van der Waals surface area contributed by atoms with E-state index in [1.807, 2.05) is 25.3 Å². The molecule has 0 amide bonds. The van der Waals surface area contributed by atoms with Gasteiger partial charge in [0.25, 0.3) is 0 Å². The van der Waals surface area contributed by atoms with E-state index >= 15 is 0 Å². The summed E-state index contributed by atoms with van der Waals surface area (Å²) in [4.78, 5) is 7.24. The van der Waals surface area contributed by atoms with Gasteiger partial charge >= 0.3 is 0 Å². The van der Waals surface area contributed by atoms with Crippen LogP contribution < -0.4 is 4.90 Å². The Balaban J connectivity index is 1.58. The third-order valence-electron chi connectivity index (χ3n) is 7.16. The van der Waals surface area contributed by atoms with Crippen molar-refractivity contribution in [2.45, 2.75) is 44.2 Å². The summed E-state index contributed by atoms with van der Waals surface area (Å²) in [7, 11) is 1.88. The van der Waals surface area contributed by atoms with Gasteiger partial charge in [0.05, 0.1) is 21.2 Å². The van der Waals surface area contributed by atoms with Gasteiger partial charge in [0, 0.05) is 30.8 Å². The maximum absolute atomic E-state index is 6.70. The molecular formula is C24H24Cl3N3O. The summed E-state index contributed by atoms with van der Waals surface area (Å²) in [6.45, 7) is 1.74. The Hall–Kier alpha value is -1.46. The quantitative estimate of drug-likeness (QED) is 0.390. The number of benzene rings is 2. The zero-order chi connectivity index (χ0) is 21.3. The van der Waals surface area contributed by atoms with Gasteiger partial charge in [0.1, 0.15) is 11.1 Å². The molecule has 2 aliphatic carbocycles. The minimum absolute atomic E-state index is 0.236. The molecule has 0 saturated heterocycles. The molecule has 0 bridgehead atoms. The fourth-order valence-electron chi connectivity index (χ4n) is 5.58. The summed E-state index contributed by atoms with van der Waals surface area (Å²) in [5, 5.41) is 1.93. The second kappa shape index (κ2) is 7.28. The number of imidazole rings is 1. The van der Waals surface area contributed by atoms with Crippen molar-refractivity contribution in [3.63, 3.8) is 0 Å². The summed E-state index contributed by atoms with van der Waals surface area (Å²) in [5.74, 6) is 2.04. The van der Waals surface area contributed by atoms with Crippen LogP contribution >= 0.6 is 34.8 Å². The summed E-state index contributed by atoms with van der Waals surface area (Å²) < 4.78 is 8.71. The predicted molar refractivity (Wildman–Crippen MR) is 127 cm³/mol. The lowest BCUT2D eigenvalue weighted by Crippen LogP contribution is -2.35. The largest absolute Gasteiger partial charge is 0.373 e. The molecule has 3 aromatic rings. The number of hydrogen-bond acceptors (Lipinski definition) is 3. The van der Waals surface area contributed by atoms with Crippen LogP contribution in [-0.4, -0.2) is 23.2 Å². The fraction of sp³-hybridized carbons (Fsp3) is 0.458. The third kappa shape index (κ3) is 3.02. The van der Waals surface area contributed by atoms with Crippen LogP contribution in [0.2, 0.25) is 15.1 Å². The summed E-state index contributed by atoms with van der Waals surface area (Å²) >= 11 is 19.4. The smallest absolute Gasteiger partial charge is 0.211 e. The third-order valence-corrected chi connectivity index (χ3v) is 8.00. The van der Waals surface area contributed by atoms with E-state index in [1.165, 1.54) is 31.2 Å². The molecular weight excluding hydrogens is 453 g/mol. The molecule has 6 rings (SSSR count). The molecule has 0 spiro atoms. The minimum Gasteiger partial charge on any atom is -0.373 e. The van der Waals surface area contributed by atoms with Crippen molar-refractivity contribution in [3.8, 4) is 0 Å². The van der Waals surface area contributed by atoms with Gasteiger partial charge in [-0.3, -0.25) is 0 Å². The van der Waals surface area contributed by atoms with E-state index in [0.717, 1.165) is 42.2 Å². The Bertz CT molecular complexity index is 1170. The topological polar surface area (TPSA) is 30.3 Å². The van der Waals surface area contributed by atoms with Crippen molar-refractivity contribution in [1.29, 1.82) is 0 Å². The molecule has 4 nitrogen and oxygen atoms in total. The normalized spacial score (nSPS) is 19.2. The summed E-state index contributed by atoms with van der Waals surface area (Å²) in [6.07, 6.45) is 5.89. The molecule has 3 aliphatic rings. The highest BCUT2D eigenvalue weighted by molar-refractivity contribution is 6.36. The SMILES string of the molecule is COC(c1ccc(Cl)c2nc3n(c12)CCCN3c1ccc(Cl)cc1Cl)(C1CC1)C1CC1. The number of fused-ring (bicyclic) bond motifs is 3. The lowest BCUT2D eigenvalue weighted by atomic mass is 9.83. The second-order valence-electron chi connectivity index (χ2n) is 9.00. The minimum atomic E-state index is -0.236. The maximum Gasteiger partial charge on any atom is 0.211 e. The van der Waals surface area contributed by atoms with Crippen LogP contribution in [-0.2, 0) is 16.9 Å². The first-order chi connectivity index (χ1) is 15.0. The van der Waals surface area contributed by atoms with E-state index in [4.69, 9.17) is 44.5 Å². The molecule has 2 fully saturated rings. The van der Waals surface area contributed by atoms with Gasteiger partial charge in [-0.2, -0.15) is 0 Å². The molecule has 0 unspecified atom stereocenters. The van der Waals surface area contributed by atoms with Crippen LogP contribution in [0.4, 0.5) is 11.6 Å². The molecule has 0 N–H and O–H groups in total. The van der Waals surface area contributed by atoms with Crippen LogP contribution in [0.5, 0.6) is 0 Å². The zero-order valence-electron chi connectivity index (χ0n) is 17.4. The number of ether oxygens (including phenoxy) is 1. The highest BCUT2D eigenvalue weighted by atomic mass is 35.5. The summed E-state index contributed by atoms with van der Waals surface area (Å²) in [5.41, 5.74) is 3.91. The standard InChI is InChI=1S/C24H24Cl3N3O/c1-31-24(14-3-4-14,15-5-6-15)17-8-9-18(26)21-22(17)30-12-2-11-29(23(30)28-21)20-10-7-16(25)13-19(20)27/h7-10,13-15H,2-6,11-12H2,1H3. The van der Waals surface area contributed by atoms with Crippen molar-refractivity contribution in [2.75, 3.05) is 18.6 Å². The molecule has 2 aromatic carbocycles. The molecule has 7 heteroatoms. The Morgan fingerprint density at radius 2 is 1.71 bits per heavy atom. The molecule has 1 aromatic heterocycles. The average molecular weight is 477 g/mol. The highest BCUT2D eigenvalue weighted by Gasteiger charge is 2.57. The fourth-order valence-corrected chi connectivity index (χ4v) is 6.29. The van der Waals surface area contributed by atoms with Crippen molar-refractivity contribution < 1.29 is 4.74 Å². The maximum atomic E-state index is 6.70. The molecule has 2 heterocycles. The lowest BCUT2D eigenvalue weighted by Gasteiger charge is -2.35. The van der Waals surface area contributed by atoms with E-state index < -0.39 is 0 Å². The van der Waals surface area contributed by atoms with Crippen LogP contribution in [0.3, 0.4) is 0 Å². The van der Waals surface area contributed by atoms with E-state index in [2.05, 4.69) is 15.5 Å². The monoisotopic (exact) mass is 475 g/mol. The van der Waals surface area contributed by atoms with Gasteiger partial charge in [0.15, 0.2) is 0 Å². The number of aromatic nitrogens is 2. The first-order valence-electron chi connectivity index (χ1n) is 11.0. The Labute approximate surface area is 197 Å². The molecule has 162 valence electrons. The number of anilines is 2. The number of hydrogen-bond donors (Lipinski definition) is 0. The zero-order valence-corrected chi connectivity index (χ0v) is 19.6. The van der Waals surface area contributed by atoms with Crippen molar-refractivity contribution in [2.24, 2.45) is 11.8 Å². The van der Waals surface area contributed by atoms with Gasteiger partial charge < -0.3 is 14.2 Å². The van der Waals surface area contributed by atoms with Crippen LogP contribution in [0, 0.1) is 11.8 Å². The van der Waals surface area contributed by atoms with E-state index in [9.17, 15) is 0 Å². The molecule has 0 radical (unpaired) electrons. The summed E-state index contributed by atoms with van der Waals surface area (Å²) in [6, 6.07) is 9.81. The highest BCUT2D eigenvalue weighted by Crippen LogP contribution is 2.60. The Morgan fingerprint density at radius 3 is 2.35 bits per heavy atom. The number of rotatable bonds is 5. The van der Waals surface area contributed by atoms with Gasteiger partial charge in [-0.15, -0.1) is 0 Å². The van der Waals surface area contributed by atoms with Gasteiger partial charge in [-0.05, 0) is 68.2 Å². The Kier molecular flexibility index (Phi) is 4.73. The van der Waals surface area contributed by atoms with Crippen molar-refractivity contribution >= 4 is 57.5 Å². The predicted octanol–water partition coefficient (Wildman–Crippen LogP) is 7.20.